The van der Waals surface area contributed by atoms with E-state index in [4.69, 9.17) is 30.5 Å². The monoisotopic (exact) mass is 542 g/mol. The Morgan fingerprint density at radius 2 is 1.95 bits per heavy atom. The fraction of sp³-hybridized carbons (Fsp3) is 0.333. The van der Waals surface area contributed by atoms with Crippen LogP contribution in [0.15, 0.2) is 41.2 Å². The van der Waals surface area contributed by atoms with Gasteiger partial charge < -0.3 is 23.8 Å². The summed E-state index contributed by atoms with van der Waals surface area (Å²) in [6.07, 6.45) is 3.20. The Balaban J connectivity index is 1.54. The average Bonchev–Trinajstić information content (AvgIpc) is 3.18. The summed E-state index contributed by atoms with van der Waals surface area (Å²) < 4.78 is 24.2. The topological polar surface area (TPSA) is 79.2 Å². The Morgan fingerprint density at radius 1 is 1.16 bits per heavy atom. The van der Waals surface area contributed by atoms with Crippen LogP contribution >= 0.6 is 22.9 Å². The Hall–Kier alpha value is -3.11. The predicted molar refractivity (Wildman–Crippen MR) is 143 cm³/mol. The molecule has 0 radical (unpaired) electrons. The minimum absolute atomic E-state index is 0.126. The van der Waals surface area contributed by atoms with E-state index in [1.165, 1.54) is 17.4 Å². The first-order valence-corrected chi connectivity index (χ1v) is 13.3. The highest BCUT2D eigenvalue weighted by Crippen LogP contribution is 2.31. The average molecular weight is 543 g/mol. The van der Waals surface area contributed by atoms with Gasteiger partial charge in [0.25, 0.3) is 5.56 Å². The van der Waals surface area contributed by atoms with Crippen LogP contribution in [0.2, 0.25) is 5.02 Å². The Kier molecular flexibility index (Phi) is 7.95. The molecule has 3 aromatic rings. The van der Waals surface area contributed by atoms with Crippen molar-refractivity contribution < 1.29 is 23.7 Å². The van der Waals surface area contributed by atoms with E-state index < -0.39 is 5.97 Å². The van der Waals surface area contributed by atoms with Crippen LogP contribution < -0.4 is 24.4 Å². The van der Waals surface area contributed by atoms with Gasteiger partial charge in [-0.05, 0) is 42.8 Å². The first-order chi connectivity index (χ1) is 18.0. The van der Waals surface area contributed by atoms with Gasteiger partial charge in [0.2, 0.25) is 0 Å². The van der Waals surface area contributed by atoms with Crippen molar-refractivity contribution in [3.05, 3.63) is 77.7 Å². The zero-order valence-electron chi connectivity index (χ0n) is 20.4. The Labute approximate surface area is 222 Å². The third kappa shape index (κ3) is 5.91. The number of carbonyl (C=O) groups excluding carboxylic acids is 1. The molecule has 0 bridgehead atoms. The Morgan fingerprint density at radius 3 is 2.70 bits per heavy atom. The second kappa shape index (κ2) is 11.5. The van der Waals surface area contributed by atoms with Gasteiger partial charge in [-0.1, -0.05) is 23.7 Å². The third-order valence-corrected chi connectivity index (χ3v) is 7.39. The van der Waals surface area contributed by atoms with Crippen molar-refractivity contribution in [1.29, 1.82) is 0 Å². The molecule has 1 aromatic heterocycles. The van der Waals surface area contributed by atoms with Crippen LogP contribution in [0.25, 0.3) is 12.2 Å². The van der Waals surface area contributed by atoms with E-state index >= 15 is 0 Å². The number of anilines is 1. The molecule has 0 unspecified atom stereocenters. The number of fused-ring (bicyclic) bond motifs is 1. The molecular formula is C27H27ClN2O6S. The van der Waals surface area contributed by atoms with Gasteiger partial charge in [0, 0.05) is 34.9 Å². The van der Waals surface area contributed by atoms with Crippen LogP contribution in [0.5, 0.6) is 5.75 Å². The molecule has 0 saturated carbocycles. The highest BCUT2D eigenvalue weighted by Gasteiger charge is 2.18. The summed E-state index contributed by atoms with van der Waals surface area (Å²) in [5.74, 6) is 0.150. The van der Waals surface area contributed by atoms with Crippen LogP contribution in [0.3, 0.4) is 0 Å². The third-order valence-electron chi connectivity index (χ3n) is 6.11. The molecule has 2 aliphatic rings. The molecule has 0 spiro atoms. The Bertz CT molecular complexity index is 1460. The number of rotatable bonds is 6. The van der Waals surface area contributed by atoms with Crippen molar-refractivity contribution in [3.63, 3.8) is 0 Å². The number of ether oxygens (including phenoxy) is 4. The quantitative estimate of drug-likeness (QED) is 0.443. The second-order valence-corrected chi connectivity index (χ2v) is 10.1. The molecule has 5 rings (SSSR count). The lowest BCUT2D eigenvalue weighted by Crippen LogP contribution is -2.36. The molecule has 2 aromatic carbocycles. The van der Waals surface area contributed by atoms with E-state index in [9.17, 15) is 9.59 Å². The molecular weight excluding hydrogens is 516 g/mol. The molecule has 0 aliphatic carbocycles. The van der Waals surface area contributed by atoms with Crippen molar-refractivity contribution in [2.24, 2.45) is 0 Å². The lowest BCUT2D eigenvalue weighted by molar-refractivity contribution is -0.135. The van der Waals surface area contributed by atoms with E-state index in [1.807, 2.05) is 30.3 Å². The van der Waals surface area contributed by atoms with Crippen LogP contribution in [0, 0.1) is 0 Å². The number of esters is 1. The molecule has 8 nitrogen and oxygen atoms in total. The lowest BCUT2D eigenvalue weighted by atomic mass is 10.1. The number of aromatic nitrogens is 1. The number of nitrogens with zero attached hydrogens (tertiary/aromatic N) is 2. The maximum Gasteiger partial charge on any atom is 0.333 e. The molecule has 0 atom stereocenters. The van der Waals surface area contributed by atoms with Gasteiger partial charge >= 0.3 is 5.97 Å². The number of benzene rings is 2. The van der Waals surface area contributed by atoms with Crippen molar-refractivity contribution in [2.75, 3.05) is 44.6 Å². The SMILES string of the molecule is CCOC(=O)C=c1sc(=Cc2ccc(N3CCOCC3)cc2)c(=O)n1Cc1cc(Cl)cc2c1OCOC2. The fourth-order valence-corrected chi connectivity index (χ4v) is 5.67. The normalized spacial score (nSPS) is 16.4. The van der Waals surface area contributed by atoms with Gasteiger partial charge in [-0.25, -0.2) is 4.79 Å². The summed E-state index contributed by atoms with van der Waals surface area (Å²) in [5, 5.41) is 0.522. The minimum Gasteiger partial charge on any atom is -0.467 e. The number of halogens is 1. The summed E-state index contributed by atoms with van der Waals surface area (Å²) in [6.45, 7) is 5.83. The molecule has 37 heavy (non-hydrogen) atoms. The van der Waals surface area contributed by atoms with E-state index in [0.29, 0.717) is 26.6 Å². The maximum absolute atomic E-state index is 13.6. The molecule has 194 valence electrons. The van der Waals surface area contributed by atoms with Crippen molar-refractivity contribution >= 4 is 46.7 Å². The van der Waals surface area contributed by atoms with Crippen LogP contribution in [-0.4, -0.2) is 50.2 Å². The van der Waals surface area contributed by atoms with Gasteiger partial charge in [-0.2, -0.15) is 0 Å². The summed E-state index contributed by atoms with van der Waals surface area (Å²) in [4.78, 5) is 28.1. The zero-order chi connectivity index (χ0) is 25.8. The van der Waals surface area contributed by atoms with Crippen molar-refractivity contribution in [1.82, 2.24) is 4.57 Å². The van der Waals surface area contributed by atoms with Crippen LogP contribution in [-0.2, 0) is 32.2 Å². The predicted octanol–water partition coefficient (Wildman–Crippen LogP) is 2.49. The van der Waals surface area contributed by atoms with Crippen LogP contribution in [0.1, 0.15) is 23.6 Å². The maximum atomic E-state index is 13.6. The molecule has 3 heterocycles. The molecule has 1 fully saturated rings. The van der Waals surface area contributed by atoms with Gasteiger partial charge in [0.15, 0.2) is 6.79 Å². The highest BCUT2D eigenvalue weighted by atomic mass is 35.5. The summed E-state index contributed by atoms with van der Waals surface area (Å²) in [7, 11) is 0. The van der Waals surface area contributed by atoms with E-state index in [-0.39, 0.29) is 25.5 Å². The molecule has 10 heteroatoms. The van der Waals surface area contributed by atoms with Gasteiger partial charge in [0.1, 0.15) is 10.4 Å². The highest BCUT2D eigenvalue weighted by molar-refractivity contribution is 7.07. The van der Waals surface area contributed by atoms with Crippen molar-refractivity contribution in [2.45, 2.75) is 20.1 Å². The first kappa shape index (κ1) is 25.5. The summed E-state index contributed by atoms with van der Waals surface area (Å²) in [5.41, 5.74) is 3.37. The minimum atomic E-state index is -0.503. The molecule has 2 aliphatic heterocycles. The number of carbonyl (C=O) groups is 1. The number of hydrogen-bond acceptors (Lipinski definition) is 8. The molecule has 0 amide bonds. The number of hydrogen-bond donors (Lipinski definition) is 0. The first-order valence-electron chi connectivity index (χ1n) is 12.1. The number of morpholine rings is 1. The van der Waals surface area contributed by atoms with Crippen LogP contribution in [0.4, 0.5) is 5.69 Å². The second-order valence-electron chi connectivity index (χ2n) is 8.59. The van der Waals surface area contributed by atoms with Gasteiger partial charge in [-0.15, -0.1) is 11.3 Å². The number of thiazole rings is 1. The van der Waals surface area contributed by atoms with Gasteiger partial charge in [-0.3, -0.25) is 9.36 Å². The fourth-order valence-electron chi connectivity index (χ4n) is 4.38. The van der Waals surface area contributed by atoms with E-state index in [2.05, 4.69) is 4.90 Å². The lowest BCUT2D eigenvalue weighted by Gasteiger charge is -2.28. The summed E-state index contributed by atoms with van der Waals surface area (Å²) in [6, 6.07) is 11.6. The standard InChI is InChI=1S/C27H27ClN2O6S/c1-2-35-25(31)14-24-30(15-19-12-21(28)13-20-16-34-17-36-26(19)20)27(32)23(37-24)11-18-3-5-22(6-4-18)29-7-9-33-10-8-29/h3-6,11-14H,2,7-10,15-17H2,1H3. The summed E-state index contributed by atoms with van der Waals surface area (Å²) >= 11 is 7.58. The van der Waals surface area contributed by atoms with E-state index in [1.54, 1.807) is 23.6 Å². The van der Waals surface area contributed by atoms with Crippen molar-refractivity contribution in [3.8, 4) is 5.75 Å². The molecule has 0 N–H and O–H groups in total. The van der Waals surface area contributed by atoms with Gasteiger partial charge in [0.05, 0.1) is 43.6 Å². The molecule has 1 saturated heterocycles. The smallest absolute Gasteiger partial charge is 0.333 e. The van der Waals surface area contributed by atoms with E-state index in [0.717, 1.165) is 48.7 Å². The largest absolute Gasteiger partial charge is 0.467 e. The zero-order valence-corrected chi connectivity index (χ0v) is 22.0.